The molecule has 0 spiro atoms. The lowest BCUT2D eigenvalue weighted by Gasteiger charge is -2.07. The average Bonchev–Trinajstić information content (AvgIpc) is 2.91. The molecule has 2 aromatic carbocycles. The van der Waals surface area contributed by atoms with E-state index in [9.17, 15) is 4.39 Å². The first-order valence-electron chi connectivity index (χ1n) is 5.85. The maximum absolute atomic E-state index is 14.1. The molecule has 5 nitrogen and oxygen atoms in total. The van der Waals surface area contributed by atoms with Gasteiger partial charge in [-0.05, 0) is 46.8 Å². The van der Waals surface area contributed by atoms with Crippen LogP contribution in [0.3, 0.4) is 0 Å². The Kier molecular flexibility index (Phi) is 3.60. The van der Waals surface area contributed by atoms with Crippen molar-refractivity contribution in [1.82, 2.24) is 20.2 Å². The van der Waals surface area contributed by atoms with Crippen LogP contribution in [0.2, 0.25) is 5.02 Å². The minimum absolute atomic E-state index is 0.242. The molecule has 0 radical (unpaired) electrons. The van der Waals surface area contributed by atoms with E-state index in [-0.39, 0.29) is 5.69 Å². The Morgan fingerprint density at radius 1 is 1.19 bits per heavy atom. The van der Waals surface area contributed by atoms with Gasteiger partial charge in [-0.1, -0.05) is 27.5 Å². The Bertz CT molecular complexity index is 820. The first-order valence-corrected chi connectivity index (χ1v) is 7.02. The van der Waals surface area contributed by atoms with E-state index in [0.29, 0.717) is 26.6 Å². The van der Waals surface area contributed by atoms with E-state index in [4.69, 9.17) is 17.3 Å². The number of tetrazole rings is 1. The van der Waals surface area contributed by atoms with Gasteiger partial charge in [-0.25, -0.2) is 4.39 Å². The summed E-state index contributed by atoms with van der Waals surface area (Å²) in [5.74, 6) is -0.0717. The van der Waals surface area contributed by atoms with Crippen molar-refractivity contribution in [2.45, 2.75) is 0 Å². The molecule has 0 aliphatic heterocycles. The van der Waals surface area contributed by atoms with Gasteiger partial charge < -0.3 is 5.73 Å². The third-order valence-electron chi connectivity index (χ3n) is 2.87. The molecule has 21 heavy (non-hydrogen) atoms. The van der Waals surface area contributed by atoms with E-state index in [2.05, 4.69) is 31.5 Å². The lowest BCUT2D eigenvalue weighted by Crippen LogP contribution is -2.02. The Balaban J connectivity index is 2.14. The molecular weight excluding hydrogens is 361 g/mol. The zero-order chi connectivity index (χ0) is 15.0. The first-order chi connectivity index (χ1) is 10.1. The monoisotopic (exact) mass is 367 g/mol. The van der Waals surface area contributed by atoms with Crippen LogP contribution >= 0.6 is 27.5 Å². The number of nitrogens with two attached hydrogens (primary N) is 1. The van der Waals surface area contributed by atoms with Gasteiger partial charge in [0.25, 0.3) is 0 Å². The standard InChI is InChI=1S/C13H8BrClFN5/c14-8-2-4-12(10(16)6-8)21-13(18-19-20-21)7-1-3-11(17)9(15)5-7/h1-6H,17H2. The highest BCUT2D eigenvalue weighted by Gasteiger charge is 2.15. The lowest BCUT2D eigenvalue weighted by molar-refractivity contribution is 0.607. The largest absolute Gasteiger partial charge is 0.398 e. The molecule has 1 aromatic heterocycles. The number of halogens is 3. The Morgan fingerprint density at radius 3 is 2.71 bits per heavy atom. The van der Waals surface area contributed by atoms with Crippen LogP contribution < -0.4 is 5.73 Å². The maximum atomic E-state index is 14.1. The fourth-order valence-corrected chi connectivity index (χ4v) is 2.36. The summed E-state index contributed by atoms with van der Waals surface area (Å²) >= 11 is 9.21. The molecule has 1 heterocycles. The summed E-state index contributed by atoms with van der Waals surface area (Å²) in [6, 6.07) is 9.64. The number of nitrogen functional groups attached to an aromatic ring is 1. The molecule has 8 heteroatoms. The molecule has 2 N–H and O–H groups in total. The van der Waals surface area contributed by atoms with Gasteiger partial charge in [-0.3, -0.25) is 0 Å². The molecule has 0 bridgehead atoms. The molecule has 3 aromatic rings. The number of hydrogen-bond acceptors (Lipinski definition) is 4. The van der Waals surface area contributed by atoms with Crippen molar-refractivity contribution >= 4 is 33.2 Å². The Morgan fingerprint density at radius 2 is 2.00 bits per heavy atom. The number of aromatic nitrogens is 4. The summed E-state index contributed by atoms with van der Waals surface area (Å²) in [5.41, 5.74) is 7.01. The van der Waals surface area contributed by atoms with Crippen LogP contribution in [0.4, 0.5) is 10.1 Å². The van der Waals surface area contributed by atoms with E-state index >= 15 is 0 Å². The number of rotatable bonds is 2. The highest BCUT2D eigenvalue weighted by atomic mass is 79.9. The molecular formula is C13H8BrClFN5. The van der Waals surface area contributed by atoms with Gasteiger partial charge in [0.05, 0.1) is 10.7 Å². The van der Waals surface area contributed by atoms with Crippen molar-refractivity contribution in [3.63, 3.8) is 0 Å². The topological polar surface area (TPSA) is 69.6 Å². The van der Waals surface area contributed by atoms with Gasteiger partial charge in [0.2, 0.25) is 0 Å². The van der Waals surface area contributed by atoms with Crippen LogP contribution in [0.15, 0.2) is 40.9 Å². The molecule has 0 saturated carbocycles. The van der Waals surface area contributed by atoms with Crippen molar-refractivity contribution in [3.8, 4) is 17.1 Å². The normalized spacial score (nSPS) is 10.8. The van der Waals surface area contributed by atoms with Gasteiger partial charge in [0.15, 0.2) is 5.82 Å². The minimum atomic E-state index is -0.445. The van der Waals surface area contributed by atoms with Crippen LogP contribution in [-0.2, 0) is 0 Å². The molecule has 3 rings (SSSR count). The van der Waals surface area contributed by atoms with E-state index in [0.717, 1.165) is 0 Å². The maximum Gasteiger partial charge on any atom is 0.187 e. The Labute approximate surface area is 132 Å². The van der Waals surface area contributed by atoms with E-state index in [1.807, 2.05) is 0 Å². The quantitative estimate of drug-likeness (QED) is 0.703. The van der Waals surface area contributed by atoms with Crippen LogP contribution in [0.5, 0.6) is 0 Å². The summed E-state index contributed by atoms with van der Waals surface area (Å²) < 4.78 is 16.0. The van der Waals surface area contributed by atoms with Crippen molar-refractivity contribution in [1.29, 1.82) is 0 Å². The molecule has 0 amide bonds. The summed E-state index contributed by atoms with van der Waals surface area (Å²) in [7, 11) is 0. The molecule has 0 unspecified atom stereocenters. The highest BCUT2D eigenvalue weighted by molar-refractivity contribution is 9.10. The van der Waals surface area contributed by atoms with Crippen molar-refractivity contribution < 1.29 is 4.39 Å². The zero-order valence-electron chi connectivity index (χ0n) is 10.5. The summed E-state index contributed by atoms with van der Waals surface area (Å²) in [6.07, 6.45) is 0. The van der Waals surface area contributed by atoms with Crippen LogP contribution in [0.1, 0.15) is 0 Å². The first kappa shape index (κ1) is 14.0. The zero-order valence-corrected chi connectivity index (χ0v) is 12.8. The van der Waals surface area contributed by atoms with Gasteiger partial charge in [-0.15, -0.1) is 5.10 Å². The van der Waals surface area contributed by atoms with Crippen molar-refractivity contribution in [2.24, 2.45) is 0 Å². The van der Waals surface area contributed by atoms with Gasteiger partial charge in [-0.2, -0.15) is 4.68 Å². The van der Waals surface area contributed by atoms with Crippen LogP contribution in [0, 0.1) is 5.82 Å². The molecule has 0 fully saturated rings. The molecule has 0 saturated heterocycles. The van der Waals surface area contributed by atoms with E-state index < -0.39 is 5.82 Å². The number of hydrogen-bond donors (Lipinski definition) is 1. The van der Waals surface area contributed by atoms with E-state index in [1.165, 1.54) is 10.7 Å². The number of nitrogens with zero attached hydrogens (tertiary/aromatic N) is 4. The highest BCUT2D eigenvalue weighted by Crippen LogP contribution is 2.27. The minimum Gasteiger partial charge on any atom is -0.398 e. The molecule has 0 aliphatic rings. The summed E-state index contributed by atoms with van der Waals surface area (Å²) in [4.78, 5) is 0. The fourth-order valence-electron chi connectivity index (χ4n) is 1.85. The second-order valence-electron chi connectivity index (χ2n) is 4.25. The third kappa shape index (κ3) is 2.62. The predicted molar refractivity (Wildman–Crippen MR) is 81.7 cm³/mol. The molecule has 0 aliphatic carbocycles. The lowest BCUT2D eigenvalue weighted by atomic mass is 10.2. The van der Waals surface area contributed by atoms with Gasteiger partial charge in [0, 0.05) is 10.0 Å². The second-order valence-corrected chi connectivity index (χ2v) is 5.57. The number of benzene rings is 2. The van der Waals surface area contributed by atoms with Gasteiger partial charge in [0.1, 0.15) is 11.5 Å². The van der Waals surface area contributed by atoms with Crippen LogP contribution in [0.25, 0.3) is 17.1 Å². The summed E-state index contributed by atoms with van der Waals surface area (Å²) in [6.45, 7) is 0. The Hall–Kier alpha value is -1.99. The molecule has 0 atom stereocenters. The SMILES string of the molecule is Nc1ccc(-c2nnnn2-c2ccc(Br)cc2F)cc1Cl. The average molecular weight is 369 g/mol. The van der Waals surface area contributed by atoms with Crippen LogP contribution in [-0.4, -0.2) is 20.2 Å². The smallest absolute Gasteiger partial charge is 0.187 e. The van der Waals surface area contributed by atoms with Crippen molar-refractivity contribution in [2.75, 3.05) is 5.73 Å². The second kappa shape index (κ2) is 5.42. The third-order valence-corrected chi connectivity index (χ3v) is 3.69. The summed E-state index contributed by atoms with van der Waals surface area (Å²) in [5, 5.41) is 11.7. The fraction of sp³-hybridized carbons (Fsp3) is 0. The predicted octanol–water partition coefficient (Wildman–Crippen LogP) is 3.47. The van der Waals surface area contributed by atoms with E-state index in [1.54, 1.807) is 30.3 Å². The number of anilines is 1. The van der Waals surface area contributed by atoms with Gasteiger partial charge >= 0.3 is 0 Å². The molecule has 106 valence electrons. The van der Waals surface area contributed by atoms with Crippen molar-refractivity contribution in [3.05, 3.63) is 51.7 Å².